The molecule has 0 aliphatic rings. The van der Waals surface area contributed by atoms with Crippen LogP contribution in [0.4, 0.5) is 0 Å². The number of nitrogens with zero attached hydrogens (tertiary/aromatic N) is 2. The Morgan fingerprint density at radius 2 is 2.21 bits per heavy atom. The van der Waals surface area contributed by atoms with Crippen molar-refractivity contribution >= 4 is 0 Å². The standard InChI is InChI=1S/C15H21N3O/c1-3-7-16-9-14-10-17-18(12-14)11-13-5-4-6-15(8-13)19-2/h4-6,8,10,12,16H,3,7,9,11H2,1-2H3. The Hall–Kier alpha value is -1.81. The summed E-state index contributed by atoms with van der Waals surface area (Å²) in [5, 5.41) is 7.76. The highest BCUT2D eigenvalue weighted by Crippen LogP contribution is 2.13. The molecule has 0 saturated carbocycles. The van der Waals surface area contributed by atoms with E-state index in [0.29, 0.717) is 0 Å². The first-order chi connectivity index (χ1) is 9.31. The highest BCUT2D eigenvalue weighted by Gasteiger charge is 2.01. The summed E-state index contributed by atoms with van der Waals surface area (Å²) in [6, 6.07) is 8.07. The van der Waals surface area contributed by atoms with Crippen LogP contribution in [0.1, 0.15) is 24.5 Å². The Labute approximate surface area is 114 Å². The van der Waals surface area contributed by atoms with Crippen molar-refractivity contribution in [2.24, 2.45) is 0 Å². The van der Waals surface area contributed by atoms with Crippen LogP contribution >= 0.6 is 0 Å². The van der Waals surface area contributed by atoms with Crippen LogP contribution in [-0.4, -0.2) is 23.4 Å². The lowest BCUT2D eigenvalue weighted by molar-refractivity contribution is 0.414. The van der Waals surface area contributed by atoms with Crippen LogP contribution in [0.3, 0.4) is 0 Å². The molecule has 0 unspecified atom stereocenters. The molecule has 1 heterocycles. The molecule has 0 radical (unpaired) electrons. The molecule has 2 aromatic rings. The highest BCUT2D eigenvalue weighted by atomic mass is 16.5. The van der Waals surface area contributed by atoms with Crippen LogP contribution < -0.4 is 10.1 Å². The summed E-state index contributed by atoms with van der Waals surface area (Å²) in [5.41, 5.74) is 2.41. The van der Waals surface area contributed by atoms with Gasteiger partial charge in [-0.3, -0.25) is 4.68 Å². The summed E-state index contributed by atoms with van der Waals surface area (Å²) in [4.78, 5) is 0. The van der Waals surface area contributed by atoms with Crippen molar-refractivity contribution in [1.29, 1.82) is 0 Å². The molecule has 0 atom stereocenters. The number of aromatic nitrogens is 2. The van der Waals surface area contributed by atoms with E-state index >= 15 is 0 Å². The van der Waals surface area contributed by atoms with Gasteiger partial charge in [-0.15, -0.1) is 0 Å². The van der Waals surface area contributed by atoms with E-state index in [1.165, 1.54) is 11.1 Å². The minimum atomic E-state index is 0.769. The van der Waals surface area contributed by atoms with Crippen molar-refractivity contribution in [2.75, 3.05) is 13.7 Å². The molecular formula is C15H21N3O. The van der Waals surface area contributed by atoms with Gasteiger partial charge < -0.3 is 10.1 Å². The number of hydrogen-bond donors (Lipinski definition) is 1. The van der Waals surface area contributed by atoms with E-state index in [0.717, 1.165) is 31.8 Å². The molecule has 1 N–H and O–H groups in total. The zero-order valence-electron chi connectivity index (χ0n) is 11.6. The van der Waals surface area contributed by atoms with Crippen LogP contribution in [0.25, 0.3) is 0 Å². The van der Waals surface area contributed by atoms with E-state index in [9.17, 15) is 0 Å². The maximum absolute atomic E-state index is 5.22. The van der Waals surface area contributed by atoms with Crippen molar-refractivity contribution in [2.45, 2.75) is 26.4 Å². The molecule has 0 aliphatic heterocycles. The average Bonchev–Trinajstić information content (AvgIpc) is 2.87. The predicted molar refractivity (Wildman–Crippen MR) is 76.3 cm³/mol. The third kappa shape index (κ3) is 4.10. The van der Waals surface area contributed by atoms with E-state index in [-0.39, 0.29) is 0 Å². The van der Waals surface area contributed by atoms with E-state index in [2.05, 4.69) is 29.6 Å². The molecule has 0 saturated heterocycles. The highest BCUT2D eigenvalue weighted by molar-refractivity contribution is 5.28. The van der Waals surface area contributed by atoms with Crippen LogP contribution in [-0.2, 0) is 13.1 Å². The van der Waals surface area contributed by atoms with Gasteiger partial charge >= 0.3 is 0 Å². The Morgan fingerprint density at radius 1 is 1.32 bits per heavy atom. The summed E-state index contributed by atoms with van der Waals surface area (Å²) in [6.07, 6.45) is 5.16. The van der Waals surface area contributed by atoms with E-state index in [1.807, 2.05) is 29.1 Å². The molecule has 1 aromatic carbocycles. The predicted octanol–water partition coefficient (Wildman–Crippen LogP) is 2.44. The van der Waals surface area contributed by atoms with Gasteiger partial charge in [0.05, 0.1) is 19.9 Å². The smallest absolute Gasteiger partial charge is 0.119 e. The summed E-state index contributed by atoms with van der Waals surface area (Å²) in [6.45, 7) is 4.86. The Bertz CT molecular complexity index is 508. The van der Waals surface area contributed by atoms with Gasteiger partial charge in [0.1, 0.15) is 5.75 Å². The van der Waals surface area contributed by atoms with Crippen molar-refractivity contribution < 1.29 is 4.74 Å². The van der Waals surface area contributed by atoms with Crippen molar-refractivity contribution in [3.63, 3.8) is 0 Å². The van der Waals surface area contributed by atoms with Crippen molar-refractivity contribution in [3.8, 4) is 5.75 Å². The summed E-state index contributed by atoms with van der Waals surface area (Å²) in [7, 11) is 1.69. The zero-order valence-corrected chi connectivity index (χ0v) is 11.6. The second kappa shape index (κ2) is 6.95. The summed E-state index contributed by atoms with van der Waals surface area (Å²) >= 11 is 0. The molecule has 2 rings (SSSR count). The van der Waals surface area contributed by atoms with Gasteiger partial charge in [-0.25, -0.2) is 0 Å². The monoisotopic (exact) mass is 259 g/mol. The minimum Gasteiger partial charge on any atom is -0.497 e. The number of methoxy groups -OCH3 is 1. The van der Waals surface area contributed by atoms with Gasteiger partial charge in [0.2, 0.25) is 0 Å². The normalized spacial score (nSPS) is 10.6. The van der Waals surface area contributed by atoms with Crippen LogP contribution in [0.5, 0.6) is 5.75 Å². The van der Waals surface area contributed by atoms with Crippen LogP contribution in [0.15, 0.2) is 36.7 Å². The summed E-state index contributed by atoms with van der Waals surface area (Å²) in [5.74, 6) is 0.884. The first-order valence-corrected chi connectivity index (χ1v) is 6.67. The molecule has 0 aliphatic carbocycles. The molecule has 0 amide bonds. The molecular weight excluding hydrogens is 238 g/mol. The number of ether oxygens (including phenoxy) is 1. The summed E-state index contributed by atoms with van der Waals surface area (Å²) < 4.78 is 7.18. The lowest BCUT2D eigenvalue weighted by Gasteiger charge is -2.04. The quantitative estimate of drug-likeness (QED) is 0.776. The van der Waals surface area contributed by atoms with Crippen LogP contribution in [0.2, 0.25) is 0 Å². The molecule has 19 heavy (non-hydrogen) atoms. The van der Waals surface area contributed by atoms with Crippen LogP contribution in [0, 0.1) is 0 Å². The van der Waals surface area contributed by atoms with Gasteiger partial charge in [-0.05, 0) is 30.7 Å². The van der Waals surface area contributed by atoms with Gasteiger partial charge in [0, 0.05) is 18.3 Å². The van der Waals surface area contributed by atoms with E-state index in [4.69, 9.17) is 4.74 Å². The van der Waals surface area contributed by atoms with Gasteiger partial charge in [-0.1, -0.05) is 19.1 Å². The SMILES string of the molecule is CCCNCc1cnn(Cc2cccc(OC)c2)c1. The fourth-order valence-corrected chi connectivity index (χ4v) is 1.95. The molecule has 1 aromatic heterocycles. The Morgan fingerprint density at radius 3 is 3.00 bits per heavy atom. The molecule has 0 bridgehead atoms. The fraction of sp³-hybridized carbons (Fsp3) is 0.400. The largest absolute Gasteiger partial charge is 0.497 e. The average molecular weight is 259 g/mol. The number of rotatable bonds is 7. The van der Waals surface area contributed by atoms with Crippen molar-refractivity contribution in [3.05, 3.63) is 47.8 Å². The number of benzene rings is 1. The third-order valence-corrected chi connectivity index (χ3v) is 2.92. The van der Waals surface area contributed by atoms with Gasteiger partial charge in [0.15, 0.2) is 0 Å². The minimum absolute atomic E-state index is 0.769. The van der Waals surface area contributed by atoms with E-state index < -0.39 is 0 Å². The zero-order chi connectivity index (χ0) is 13.5. The molecule has 4 heteroatoms. The maximum Gasteiger partial charge on any atom is 0.119 e. The number of hydrogen-bond acceptors (Lipinski definition) is 3. The first-order valence-electron chi connectivity index (χ1n) is 6.67. The maximum atomic E-state index is 5.22. The molecule has 102 valence electrons. The Kier molecular flexibility index (Phi) is 4.98. The lowest BCUT2D eigenvalue weighted by atomic mass is 10.2. The van der Waals surface area contributed by atoms with E-state index in [1.54, 1.807) is 7.11 Å². The van der Waals surface area contributed by atoms with Crippen molar-refractivity contribution in [1.82, 2.24) is 15.1 Å². The third-order valence-electron chi connectivity index (χ3n) is 2.92. The second-order valence-corrected chi connectivity index (χ2v) is 4.57. The molecule has 0 spiro atoms. The second-order valence-electron chi connectivity index (χ2n) is 4.57. The topological polar surface area (TPSA) is 39.1 Å². The lowest BCUT2D eigenvalue weighted by Crippen LogP contribution is -2.13. The van der Waals surface area contributed by atoms with Gasteiger partial charge in [-0.2, -0.15) is 5.10 Å². The number of nitrogens with one attached hydrogen (secondary N) is 1. The Balaban J connectivity index is 1.95. The fourth-order valence-electron chi connectivity index (χ4n) is 1.95. The van der Waals surface area contributed by atoms with Gasteiger partial charge in [0.25, 0.3) is 0 Å². The molecule has 4 nitrogen and oxygen atoms in total. The molecule has 0 fully saturated rings. The first kappa shape index (κ1) is 13.6.